The van der Waals surface area contributed by atoms with Gasteiger partial charge in [0.25, 0.3) is 0 Å². The molecule has 2 aromatic carbocycles. The fourth-order valence-corrected chi connectivity index (χ4v) is 7.11. The van der Waals surface area contributed by atoms with E-state index in [4.69, 9.17) is 9.47 Å². The number of nitrogens with zero attached hydrogens (tertiary/aromatic N) is 3. The van der Waals surface area contributed by atoms with Crippen molar-refractivity contribution in [3.63, 3.8) is 0 Å². The van der Waals surface area contributed by atoms with Crippen molar-refractivity contribution in [1.29, 1.82) is 0 Å². The molecule has 0 aliphatic carbocycles. The Kier molecular flexibility index (Phi) is 6.25. The van der Waals surface area contributed by atoms with E-state index in [2.05, 4.69) is 0 Å². The van der Waals surface area contributed by atoms with Gasteiger partial charge in [0.1, 0.15) is 16.4 Å². The van der Waals surface area contributed by atoms with Crippen molar-refractivity contribution >= 4 is 37.3 Å². The molecule has 12 heteroatoms. The Bertz CT molecular complexity index is 1270. The molecule has 2 saturated heterocycles. The molecular formula is C21H25N3O7S2. The average molecular weight is 496 g/mol. The van der Waals surface area contributed by atoms with Crippen LogP contribution in [0.3, 0.4) is 0 Å². The van der Waals surface area contributed by atoms with Gasteiger partial charge >= 0.3 is 0 Å². The predicted molar refractivity (Wildman–Crippen MR) is 123 cm³/mol. The maximum absolute atomic E-state index is 13.5. The lowest BCUT2D eigenvalue weighted by Crippen LogP contribution is -2.48. The molecule has 33 heavy (non-hydrogen) atoms. The summed E-state index contributed by atoms with van der Waals surface area (Å²) < 4.78 is 64.3. The van der Waals surface area contributed by atoms with E-state index in [0.717, 1.165) is 5.69 Å². The van der Waals surface area contributed by atoms with E-state index in [1.807, 2.05) is 29.2 Å². The summed E-state index contributed by atoms with van der Waals surface area (Å²) in [5.41, 5.74) is 0.874. The van der Waals surface area contributed by atoms with Crippen LogP contribution in [0.4, 0.5) is 11.4 Å². The van der Waals surface area contributed by atoms with E-state index in [1.54, 1.807) is 7.11 Å². The number of anilines is 2. The molecule has 0 radical (unpaired) electrons. The number of carbonyl (C=O) groups excluding carboxylic acids is 1. The first-order chi connectivity index (χ1) is 15.7. The molecule has 0 bridgehead atoms. The number of piperazine rings is 1. The van der Waals surface area contributed by atoms with Gasteiger partial charge in [-0.2, -0.15) is 4.31 Å². The molecule has 2 aromatic rings. The normalized spacial score (nSPS) is 19.0. The van der Waals surface area contributed by atoms with Crippen LogP contribution in [-0.4, -0.2) is 73.2 Å². The van der Waals surface area contributed by atoms with E-state index in [1.165, 1.54) is 29.6 Å². The molecule has 2 heterocycles. The number of rotatable bonds is 6. The predicted octanol–water partition coefficient (Wildman–Crippen LogP) is 1.28. The smallest absolute Gasteiger partial charge is 0.246 e. The van der Waals surface area contributed by atoms with Gasteiger partial charge in [-0.05, 0) is 30.3 Å². The summed E-state index contributed by atoms with van der Waals surface area (Å²) in [6, 6.07) is 11.5. The zero-order valence-corrected chi connectivity index (χ0v) is 19.9. The number of benzene rings is 2. The number of amides is 1. The summed E-state index contributed by atoms with van der Waals surface area (Å²) in [6.45, 7) is 1.32. The van der Waals surface area contributed by atoms with Crippen molar-refractivity contribution in [1.82, 2.24) is 4.31 Å². The highest BCUT2D eigenvalue weighted by Crippen LogP contribution is 2.35. The van der Waals surface area contributed by atoms with E-state index in [9.17, 15) is 21.6 Å². The highest BCUT2D eigenvalue weighted by atomic mass is 32.2. The minimum absolute atomic E-state index is 0.00969. The summed E-state index contributed by atoms with van der Waals surface area (Å²) in [5, 5.41) is 0. The van der Waals surface area contributed by atoms with Crippen molar-refractivity contribution in [3.8, 4) is 11.5 Å². The van der Waals surface area contributed by atoms with Crippen LogP contribution in [0.5, 0.6) is 11.5 Å². The van der Waals surface area contributed by atoms with Gasteiger partial charge in [-0.3, -0.25) is 4.79 Å². The lowest BCUT2D eigenvalue weighted by atomic mass is 10.2. The zero-order chi connectivity index (χ0) is 23.8. The summed E-state index contributed by atoms with van der Waals surface area (Å²) in [6.07, 6.45) is -0.138. The van der Waals surface area contributed by atoms with Gasteiger partial charge in [0.05, 0.1) is 31.3 Å². The quantitative estimate of drug-likeness (QED) is 0.589. The fraction of sp³-hybridized carbons (Fsp3) is 0.381. The van der Waals surface area contributed by atoms with Crippen LogP contribution < -0.4 is 18.7 Å². The summed E-state index contributed by atoms with van der Waals surface area (Å²) in [7, 11) is -4.91. The third kappa shape index (κ3) is 4.25. The standard InChI is InChI=1S/C21H25N3O7S2/c1-30-18-6-4-3-5-17(18)22-10-12-23(13-11-22)33(28,29)20-15-16(7-8-19(20)31-2)24-21(25)9-14-32(24,26)27/h3-8,15H,9-14H2,1-2H3. The van der Waals surface area contributed by atoms with Gasteiger partial charge in [0, 0.05) is 32.6 Å². The molecule has 0 atom stereocenters. The minimum Gasteiger partial charge on any atom is -0.495 e. The molecule has 2 aliphatic heterocycles. The summed E-state index contributed by atoms with van der Waals surface area (Å²) in [4.78, 5) is 14.0. The fourth-order valence-electron chi connectivity index (χ4n) is 4.06. The number of hydrogen-bond acceptors (Lipinski definition) is 8. The Labute approximate surface area is 193 Å². The van der Waals surface area contributed by atoms with Gasteiger partial charge < -0.3 is 14.4 Å². The molecule has 0 unspecified atom stereocenters. The lowest BCUT2D eigenvalue weighted by Gasteiger charge is -2.36. The Balaban J connectivity index is 1.62. The van der Waals surface area contributed by atoms with Crippen LogP contribution in [0.25, 0.3) is 0 Å². The Hall–Kier alpha value is -2.83. The van der Waals surface area contributed by atoms with Gasteiger partial charge in [-0.25, -0.2) is 21.1 Å². The third-order valence-electron chi connectivity index (χ3n) is 5.74. The van der Waals surface area contributed by atoms with E-state index in [-0.39, 0.29) is 41.6 Å². The van der Waals surface area contributed by atoms with Gasteiger partial charge in [-0.15, -0.1) is 0 Å². The first kappa shape index (κ1) is 23.3. The van der Waals surface area contributed by atoms with Crippen molar-refractivity contribution in [3.05, 3.63) is 42.5 Å². The van der Waals surface area contributed by atoms with Crippen molar-refractivity contribution in [2.75, 3.05) is 55.4 Å². The highest BCUT2D eigenvalue weighted by molar-refractivity contribution is 7.94. The number of hydrogen-bond donors (Lipinski definition) is 0. The molecule has 0 N–H and O–H groups in total. The second-order valence-electron chi connectivity index (χ2n) is 7.62. The molecule has 2 fully saturated rings. The molecule has 1 amide bonds. The first-order valence-electron chi connectivity index (χ1n) is 10.3. The largest absolute Gasteiger partial charge is 0.495 e. The first-order valence-corrected chi connectivity index (χ1v) is 13.4. The van der Waals surface area contributed by atoms with Crippen LogP contribution in [0.2, 0.25) is 0 Å². The van der Waals surface area contributed by atoms with Gasteiger partial charge in [0.15, 0.2) is 0 Å². The van der Waals surface area contributed by atoms with E-state index in [0.29, 0.717) is 23.1 Å². The second kappa shape index (κ2) is 8.84. The number of para-hydroxylation sites is 2. The number of carbonyl (C=O) groups is 1. The molecule has 0 spiro atoms. The van der Waals surface area contributed by atoms with Crippen LogP contribution >= 0.6 is 0 Å². The summed E-state index contributed by atoms with van der Waals surface area (Å²) in [5.74, 6) is -0.103. The molecular weight excluding hydrogens is 470 g/mol. The third-order valence-corrected chi connectivity index (χ3v) is 9.35. The second-order valence-corrected chi connectivity index (χ2v) is 11.5. The number of ether oxygens (including phenoxy) is 2. The monoisotopic (exact) mass is 495 g/mol. The molecule has 10 nitrogen and oxygen atoms in total. The Morgan fingerprint density at radius 2 is 1.58 bits per heavy atom. The average Bonchev–Trinajstić information content (AvgIpc) is 3.10. The lowest BCUT2D eigenvalue weighted by molar-refractivity contribution is -0.116. The van der Waals surface area contributed by atoms with Crippen LogP contribution in [0.1, 0.15) is 6.42 Å². The topological polar surface area (TPSA) is 114 Å². The zero-order valence-electron chi connectivity index (χ0n) is 18.3. The molecule has 2 aliphatic rings. The SMILES string of the molecule is COc1ccccc1N1CCN(S(=O)(=O)c2cc(N3C(=O)CCS3(=O)=O)ccc2OC)CC1. The Morgan fingerprint density at radius 3 is 2.18 bits per heavy atom. The number of methoxy groups -OCH3 is 2. The Morgan fingerprint density at radius 1 is 0.909 bits per heavy atom. The minimum atomic E-state index is -4.02. The highest BCUT2D eigenvalue weighted by Gasteiger charge is 2.38. The van der Waals surface area contributed by atoms with Crippen molar-refractivity contribution in [2.45, 2.75) is 11.3 Å². The summed E-state index contributed by atoms with van der Waals surface area (Å²) >= 11 is 0. The van der Waals surface area contributed by atoms with Gasteiger partial charge in [0.2, 0.25) is 26.0 Å². The number of sulfonamides is 2. The van der Waals surface area contributed by atoms with Crippen LogP contribution in [0.15, 0.2) is 47.4 Å². The van der Waals surface area contributed by atoms with E-state index >= 15 is 0 Å². The maximum Gasteiger partial charge on any atom is 0.246 e. The molecule has 0 saturated carbocycles. The molecule has 4 rings (SSSR count). The maximum atomic E-state index is 13.5. The van der Waals surface area contributed by atoms with Crippen molar-refractivity contribution < 1.29 is 31.1 Å². The molecule has 0 aromatic heterocycles. The molecule has 178 valence electrons. The van der Waals surface area contributed by atoms with Crippen LogP contribution in [-0.2, 0) is 24.8 Å². The van der Waals surface area contributed by atoms with Gasteiger partial charge in [-0.1, -0.05) is 12.1 Å². The van der Waals surface area contributed by atoms with Crippen LogP contribution in [0, 0.1) is 0 Å². The van der Waals surface area contributed by atoms with E-state index < -0.39 is 26.0 Å². The van der Waals surface area contributed by atoms with Crippen molar-refractivity contribution in [2.24, 2.45) is 0 Å².